The average Bonchev–Trinajstić information content (AvgIpc) is 3.59. The Balaban J connectivity index is 1.67. The number of hydrogen-bond donors (Lipinski definition) is 1. The molecule has 1 N–H and O–H groups in total. The van der Waals surface area contributed by atoms with Gasteiger partial charge in [0.25, 0.3) is 5.91 Å². The molecule has 1 fully saturated rings. The average molecular weight is 460 g/mol. The molecule has 0 spiro atoms. The largest absolute Gasteiger partial charge is 0.459 e. The second kappa shape index (κ2) is 9.60. The maximum Gasteiger partial charge on any atom is 0.292 e. The number of thiazole rings is 1. The third-order valence-corrected chi connectivity index (χ3v) is 6.59. The summed E-state index contributed by atoms with van der Waals surface area (Å²) < 4.78 is 13.4. The Labute approximate surface area is 196 Å². The van der Waals surface area contributed by atoms with Crippen molar-refractivity contribution in [1.82, 2.24) is 4.57 Å². The minimum atomic E-state index is -0.287. The van der Waals surface area contributed by atoms with Crippen molar-refractivity contribution < 1.29 is 13.9 Å². The van der Waals surface area contributed by atoms with E-state index < -0.39 is 0 Å². The van der Waals surface area contributed by atoms with Gasteiger partial charge in [-0.3, -0.25) is 4.79 Å². The summed E-state index contributed by atoms with van der Waals surface area (Å²) in [6.07, 6.45) is 3.68. The van der Waals surface area contributed by atoms with Gasteiger partial charge < -0.3 is 19.0 Å². The smallest absolute Gasteiger partial charge is 0.292 e. The molecule has 1 saturated heterocycles. The number of aryl methyl sites for hydroxylation is 1. The SMILES string of the molecule is Cc1ccc(-c2c(NC(=O)c3ccco3)sc(=Nc3ccccc3)n2CC2CCCO2)cc1. The first kappa shape index (κ1) is 21.4. The highest BCUT2D eigenvalue weighted by Gasteiger charge is 2.23. The molecule has 0 bridgehead atoms. The fourth-order valence-corrected chi connectivity index (χ4v) is 5.00. The van der Waals surface area contributed by atoms with Crippen LogP contribution in [0.1, 0.15) is 29.0 Å². The van der Waals surface area contributed by atoms with Crippen LogP contribution in [-0.4, -0.2) is 23.2 Å². The van der Waals surface area contributed by atoms with Crippen LogP contribution < -0.4 is 10.1 Å². The molecule has 0 radical (unpaired) electrons. The van der Waals surface area contributed by atoms with Gasteiger partial charge >= 0.3 is 0 Å². The van der Waals surface area contributed by atoms with Crippen LogP contribution in [0.5, 0.6) is 0 Å². The Morgan fingerprint density at radius 1 is 1.12 bits per heavy atom. The molecule has 1 unspecified atom stereocenters. The number of carbonyl (C=O) groups excluding carboxylic acids is 1. The van der Waals surface area contributed by atoms with Crippen molar-refractivity contribution in [2.24, 2.45) is 4.99 Å². The molecule has 3 heterocycles. The van der Waals surface area contributed by atoms with Crippen LogP contribution in [0.25, 0.3) is 11.3 Å². The van der Waals surface area contributed by atoms with Gasteiger partial charge in [0.15, 0.2) is 10.6 Å². The molecule has 1 amide bonds. The molecule has 1 aliphatic rings. The molecule has 2 aromatic carbocycles. The van der Waals surface area contributed by atoms with E-state index in [1.165, 1.54) is 23.2 Å². The summed E-state index contributed by atoms with van der Waals surface area (Å²) in [6.45, 7) is 3.51. The van der Waals surface area contributed by atoms with Crippen molar-refractivity contribution in [3.8, 4) is 11.3 Å². The fraction of sp³-hybridized carbons (Fsp3) is 0.231. The minimum Gasteiger partial charge on any atom is -0.459 e. The number of anilines is 1. The summed E-state index contributed by atoms with van der Waals surface area (Å²) in [5.74, 6) is -0.0179. The Morgan fingerprint density at radius 3 is 2.64 bits per heavy atom. The number of amides is 1. The number of aromatic nitrogens is 1. The molecule has 7 heteroatoms. The van der Waals surface area contributed by atoms with E-state index >= 15 is 0 Å². The molecular weight excluding hydrogens is 434 g/mol. The predicted octanol–water partition coefficient (Wildman–Crippen LogP) is 5.78. The monoisotopic (exact) mass is 459 g/mol. The number of nitrogens with zero attached hydrogens (tertiary/aromatic N) is 2. The van der Waals surface area contributed by atoms with E-state index in [1.807, 2.05) is 30.3 Å². The fourth-order valence-electron chi connectivity index (χ4n) is 3.93. The maximum absolute atomic E-state index is 12.9. The zero-order chi connectivity index (χ0) is 22.6. The lowest BCUT2D eigenvalue weighted by molar-refractivity contribution is 0.0968. The molecule has 6 nitrogen and oxygen atoms in total. The predicted molar refractivity (Wildman–Crippen MR) is 130 cm³/mol. The van der Waals surface area contributed by atoms with Crippen molar-refractivity contribution in [3.63, 3.8) is 0 Å². The van der Waals surface area contributed by atoms with E-state index in [1.54, 1.807) is 12.1 Å². The number of para-hydroxylation sites is 1. The summed E-state index contributed by atoms with van der Waals surface area (Å²) in [4.78, 5) is 18.6. The van der Waals surface area contributed by atoms with E-state index in [4.69, 9.17) is 14.1 Å². The summed E-state index contributed by atoms with van der Waals surface area (Å²) in [5.41, 5.74) is 3.97. The van der Waals surface area contributed by atoms with Crippen molar-refractivity contribution in [1.29, 1.82) is 0 Å². The van der Waals surface area contributed by atoms with E-state index in [0.29, 0.717) is 6.54 Å². The van der Waals surface area contributed by atoms with E-state index in [9.17, 15) is 4.79 Å². The molecule has 1 aliphatic heterocycles. The lowest BCUT2D eigenvalue weighted by atomic mass is 10.1. The zero-order valence-corrected chi connectivity index (χ0v) is 19.2. The second-order valence-electron chi connectivity index (χ2n) is 8.05. The van der Waals surface area contributed by atoms with Crippen LogP contribution in [0.15, 0.2) is 82.4 Å². The molecule has 5 rings (SSSR count). The van der Waals surface area contributed by atoms with Gasteiger partial charge in [0.1, 0.15) is 5.00 Å². The number of benzene rings is 2. The van der Waals surface area contributed by atoms with Gasteiger partial charge in [-0.1, -0.05) is 59.4 Å². The van der Waals surface area contributed by atoms with Crippen molar-refractivity contribution in [3.05, 3.63) is 89.1 Å². The quantitative estimate of drug-likeness (QED) is 0.397. The number of rotatable bonds is 6. The Kier molecular flexibility index (Phi) is 6.24. The second-order valence-corrected chi connectivity index (χ2v) is 9.03. The molecule has 4 aromatic rings. The van der Waals surface area contributed by atoms with Gasteiger partial charge in [-0.15, -0.1) is 0 Å². The first-order valence-electron chi connectivity index (χ1n) is 11.0. The normalized spacial score (nSPS) is 16.3. The van der Waals surface area contributed by atoms with Crippen LogP contribution in [-0.2, 0) is 11.3 Å². The summed E-state index contributed by atoms with van der Waals surface area (Å²) >= 11 is 1.46. The standard InChI is InChI=1S/C26H25N3O3S/c1-18-11-13-19(14-12-18)23-25(28-24(30)22-10-6-16-32-22)33-26(27-20-7-3-2-4-8-20)29(23)17-21-9-5-15-31-21/h2-4,6-8,10-14,16,21H,5,9,15,17H2,1H3,(H,28,30). The topological polar surface area (TPSA) is 68.8 Å². The van der Waals surface area contributed by atoms with Gasteiger partial charge in [0, 0.05) is 12.2 Å². The van der Waals surface area contributed by atoms with Crippen LogP contribution in [0.2, 0.25) is 0 Å². The first-order chi connectivity index (χ1) is 16.2. The van der Waals surface area contributed by atoms with Crippen molar-refractivity contribution in [2.45, 2.75) is 32.4 Å². The number of furan rings is 1. The summed E-state index contributed by atoms with van der Waals surface area (Å²) in [7, 11) is 0. The van der Waals surface area contributed by atoms with Gasteiger partial charge in [0.2, 0.25) is 0 Å². The Hall–Kier alpha value is -3.42. The van der Waals surface area contributed by atoms with Crippen molar-refractivity contribution >= 4 is 27.9 Å². The first-order valence-corrected chi connectivity index (χ1v) is 11.9. The highest BCUT2D eigenvalue weighted by atomic mass is 32.1. The molecule has 168 valence electrons. The zero-order valence-electron chi connectivity index (χ0n) is 18.4. The lowest BCUT2D eigenvalue weighted by Gasteiger charge is -2.15. The molecule has 1 atom stereocenters. The highest BCUT2D eigenvalue weighted by Crippen LogP contribution is 2.33. The molecule has 2 aromatic heterocycles. The molecular formula is C26H25N3O3S. The molecule has 0 aliphatic carbocycles. The van der Waals surface area contributed by atoms with E-state index in [-0.39, 0.29) is 17.8 Å². The summed E-state index contributed by atoms with van der Waals surface area (Å²) in [6, 6.07) is 21.5. The van der Waals surface area contributed by atoms with Gasteiger partial charge in [-0.05, 0) is 44.0 Å². The van der Waals surface area contributed by atoms with Gasteiger partial charge in [-0.25, -0.2) is 4.99 Å². The molecule has 33 heavy (non-hydrogen) atoms. The summed E-state index contributed by atoms with van der Waals surface area (Å²) in [5, 5.41) is 3.79. The van der Waals surface area contributed by atoms with Gasteiger partial charge in [-0.2, -0.15) is 0 Å². The van der Waals surface area contributed by atoms with Crippen LogP contribution in [0.3, 0.4) is 0 Å². The van der Waals surface area contributed by atoms with Gasteiger partial charge in [0.05, 0.1) is 30.3 Å². The number of hydrogen-bond acceptors (Lipinski definition) is 5. The minimum absolute atomic E-state index is 0.118. The number of carbonyl (C=O) groups is 1. The molecule has 0 saturated carbocycles. The van der Waals surface area contributed by atoms with E-state index in [0.717, 1.165) is 46.2 Å². The maximum atomic E-state index is 12.9. The lowest BCUT2D eigenvalue weighted by Crippen LogP contribution is -2.24. The number of nitrogens with one attached hydrogen (secondary N) is 1. The third-order valence-electron chi connectivity index (χ3n) is 5.60. The van der Waals surface area contributed by atoms with Crippen LogP contribution in [0, 0.1) is 6.92 Å². The van der Waals surface area contributed by atoms with Crippen molar-refractivity contribution in [2.75, 3.05) is 11.9 Å². The Bertz CT molecular complexity index is 1280. The van der Waals surface area contributed by atoms with E-state index in [2.05, 4.69) is 41.1 Å². The third kappa shape index (κ3) is 4.84. The van der Waals surface area contributed by atoms with Crippen LogP contribution in [0.4, 0.5) is 10.7 Å². The Morgan fingerprint density at radius 2 is 1.94 bits per heavy atom. The highest BCUT2D eigenvalue weighted by molar-refractivity contribution is 7.14. The number of ether oxygens (including phenoxy) is 1. The van der Waals surface area contributed by atoms with Crippen LogP contribution >= 0.6 is 11.3 Å².